The van der Waals surface area contributed by atoms with Gasteiger partial charge in [0.2, 0.25) is 5.91 Å². The number of hydrogen-bond donors (Lipinski definition) is 1. The molecule has 5 nitrogen and oxygen atoms in total. The number of nitrogens with one attached hydrogen (secondary N) is 1. The first-order valence-corrected chi connectivity index (χ1v) is 7.72. The van der Waals surface area contributed by atoms with Crippen LogP contribution in [0.5, 0.6) is 11.5 Å². The lowest BCUT2D eigenvalue weighted by Gasteiger charge is -2.10. The number of carbonyl (C=O) groups excluding carboxylic acids is 2. The van der Waals surface area contributed by atoms with Crippen molar-refractivity contribution in [3.05, 3.63) is 53.1 Å². The molecule has 2 aromatic rings. The summed E-state index contributed by atoms with van der Waals surface area (Å²) in [6.07, 6.45) is 0.182. The number of hydrogen-bond acceptors (Lipinski definition) is 4. The Morgan fingerprint density at radius 2 is 1.71 bits per heavy atom. The molecular formula is C18H18ClNO4. The quantitative estimate of drug-likeness (QED) is 0.770. The number of methoxy groups -OCH3 is 2. The van der Waals surface area contributed by atoms with Gasteiger partial charge in [0, 0.05) is 23.4 Å². The predicted molar refractivity (Wildman–Crippen MR) is 93.2 cm³/mol. The molecule has 0 saturated carbocycles. The number of rotatable bonds is 7. The molecule has 2 aromatic carbocycles. The molecule has 0 aliphatic rings. The zero-order valence-electron chi connectivity index (χ0n) is 13.5. The van der Waals surface area contributed by atoms with Crippen LogP contribution in [0.1, 0.15) is 23.2 Å². The first-order chi connectivity index (χ1) is 11.5. The Morgan fingerprint density at radius 3 is 2.33 bits per heavy atom. The van der Waals surface area contributed by atoms with Crippen LogP contribution in [0.15, 0.2) is 42.5 Å². The normalized spacial score (nSPS) is 10.1. The van der Waals surface area contributed by atoms with Crippen LogP contribution in [0, 0.1) is 0 Å². The average Bonchev–Trinajstić information content (AvgIpc) is 2.60. The summed E-state index contributed by atoms with van der Waals surface area (Å²) in [4.78, 5) is 24.2. The summed E-state index contributed by atoms with van der Waals surface area (Å²) in [6.45, 7) is 0. The Kier molecular flexibility index (Phi) is 6.21. The Bertz CT molecular complexity index is 728. The van der Waals surface area contributed by atoms with E-state index in [4.69, 9.17) is 21.1 Å². The van der Waals surface area contributed by atoms with Gasteiger partial charge >= 0.3 is 0 Å². The molecule has 6 heteroatoms. The molecule has 0 spiro atoms. The van der Waals surface area contributed by atoms with Crippen molar-refractivity contribution in [3.63, 3.8) is 0 Å². The topological polar surface area (TPSA) is 64.6 Å². The van der Waals surface area contributed by atoms with E-state index in [1.807, 2.05) is 0 Å². The maximum absolute atomic E-state index is 12.1. The fraction of sp³-hybridized carbons (Fsp3) is 0.222. The van der Waals surface area contributed by atoms with Gasteiger partial charge in [-0.25, -0.2) is 0 Å². The lowest BCUT2D eigenvalue weighted by molar-refractivity contribution is -0.116. The van der Waals surface area contributed by atoms with Crippen molar-refractivity contribution in [1.82, 2.24) is 0 Å². The molecule has 0 bridgehead atoms. The van der Waals surface area contributed by atoms with Crippen molar-refractivity contribution >= 4 is 29.0 Å². The molecule has 1 N–H and O–H groups in total. The van der Waals surface area contributed by atoms with E-state index in [9.17, 15) is 9.59 Å². The molecule has 126 valence electrons. The lowest BCUT2D eigenvalue weighted by atomic mass is 10.1. The van der Waals surface area contributed by atoms with Crippen LogP contribution < -0.4 is 14.8 Å². The van der Waals surface area contributed by atoms with Gasteiger partial charge in [0.1, 0.15) is 11.5 Å². The van der Waals surface area contributed by atoms with E-state index in [2.05, 4.69) is 5.32 Å². The van der Waals surface area contributed by atoms with Gasteiger partial charge < -0.3 is 14.8 Å². The molecule has 1 amide bonds. The second kappa shape index (κ2) is 8.36. The Labute approximate surface area is 145 Å². The third kappa shape index (κ3) is 4.73. The first kappa shape index (κ1) is 17.8. The molecule has 2 rings (SSSR count). The third-order valence-electron chi connectivity index (χ3n) is 3.43. The van der Waals surface area contributed by atoms with Gasteiger partial charge in [-0.15, -0.1) is 0 Å². The molecule has 0 atom stereocenters. The number of amides is 1. The zero-order chi connectivity index (χ0) is 17.5. The van der Waals surface area contributed by atoms with Gasteiger partial charge in [0.05, 0.1) is 19.9 Å². The molecule has 0 aliphatic heterocycles. The molecule has 24 heavy (non-hydrogen) atoms. The van der Waals surface area contributed by atoms with E-state index in [-0.39, 0.29) is 24.5 Å². The second-order valence-electron chi connectivity index (χ2n) is 5.04. The van der Waals surface area contributed by atoms with E-state index in [1.165, 1.54) is 7.11 Å². The van der Waals surface area contributed by atoms with E-state index in [1.54, 1.807) is 49.6 Å². The number of ketones is 1. The summed E-state index contributed by atoms with van der Waals surface area (Å²) in [7, 11) is 3.07. The molecule has 0 saturated heterocycles. The van der Waals surface area contributed by atoms with Gasteiger partial charge in [-0.3, -0.25) is 9.59 Å². The van der Waals surface area contributed by atoms with E-state index >= 15 is 0 Å². The van der Waals surface area contributed by atoms with Gasteiger partial charge in [-0.1, -0.05) is 11.6 Å². The summed E-state index contributed by atoms with van der Waals surface area (Å²) in [5.41, 5.74) is 1.02. The summed E-state index contributed by atoms with van der Waals surface area (Å²) in [6, 6.07) is 11.7. The molecule has 0 aromatic heterocycles. The predicted octanol–water partition coefficient (Wildman–Crippen LogP) is 3.96. The van der Waals surface area contributed by atoms with Crippen LogP contribution in [-0.2, 0) is 4.79 Å². The van der Waals surface area contributed by atoms with Crippen LogP contribution in [0.25, 0.3) is 0 Å². The minimum atomic E-state index is -0.280. The number of Topliss-reactive ketones (excluding diaryl/α,β-unsaturated/α-hetero) is 1. The summed E-state index contributed by atoms with van der Waals surface area (Å²) < 4.78 is 10.2. The third-order valence-corrected chi connectivity index (χ3v) is 3.66. The van der Waals surface area contributed by atoms with Crippen molar-refractivity contribution in [2.45, 2.75) is 12.8 Å². The Morgan fingerprint density at radius 1 is 1.00 bits per heavy atom. The van der Waals surface area contributed by atoms with Gasteiger partial charge in [0.15, 0.2) is 5.78 Å². The first-order valence-electron chi connectivity index (χ1n) is 7.34. The second-order valence-corrected chi connectivity index (χ2v) is 5.48. The summed E-state index contributed by atoms with van der Waals surface area (Å²) in [5.74, 6) is 0.801. The van der Waals surface area contributed by atoms with Crippen molar-refractivity contribution < 1.29 is 19.1 Å². The highest BCUT2D eigenvalue weighted by Gasteiger charge is 2.12. The number of ether oxygens (including phenoxy) is 2. The number of benzene rings is 2. The van der Waals surface area contributed by atoms with Crippen LogP contribution in [0.4, 0.5) is 5.69 Å². The lowest BCUT2D eigenvalue weighted by Crippen LogP contribution is -2.14. The van der Waals surface area contributed by atoms with Gasteiger partial charge in [0.25, 0.3) is 0 Å². The van der Waals surface area contributed by atoms with E-state index in [0.29, 0.717) is 27.8 Å². The average molecular weight is 348 g/mol. The van der Waals surface area contributed by atoms with Crippen LogP contribution in [0.3, 0.4) is 0 Å². The Balaban J connectivity index is 1.93. The largest absolute Gasteiger partial charge is 0.497 e. The Hall–Kier alpha value is -2.53. The van der Waals surface area contributed by atoms with Crippen molar-refractivity contribution in [3.8, 4) is 11.5 Å². The molecule has 0 radical (unpaired) electrons. The highest BCUT2D eigenvalue weighted by atomic mass is 35.5. The van der Waals surface area contributed by atoms with Crippen LogP contribution in [0.2, 0.25) is 5.02 Å². The number of halogens is 1. The summed E-state index contributed by atoms with van der Waals surface area (Å²) in [5, 5.41) is 3.19. The fourth-order valence-electron chi connectivity index (χ4n) is 2.14. The highest BCUT2D eigenvalue weighted by molar-refractivity contribution is 6.31. The fourth-order valence-corrected chi connectivity index (χ4v) is 2.31. The number of anilines is 1. The van der Waals surface area contributed by atoms with Crippen molar-refractivity contribution in [1.29, 1.82) is 0 Å². The van der Waals surface area contributed by atoms with E-state index < -0.39 is 0 Å². The van der Waals surface area contributed by atoms with Crippen molar-refractivity contribution in [2.24, 2.45) is 0 Å². The maximum Gasteiger partial charge on any atom is 0.224 e. The monoisotopic (exact) mass is 347 g/mol. The van der Waals surface area contributed by atoms with E-state index in [0.717, 1.165) is 0 Å². The summed E-state index contributed by atoms with van der Waals surface area (Å²) >= 11 is 5.92. The van der Waals surface area contributed by atoms with Crippen LogP contribution in [-0.4, -0.2) is 25.9 Å². The molecule has 0 unspecified atom stereocenters. The molecular weight excluding hydrogens is 330 g/mol. The van der Waals surface area contributed by atoms with Crippen LogP contribution >= 0.6 is 11.6 Å². The minimum absolute atomic E-state index is 0.0700. The zero-order valence-corrected chi connectivity index (χ0v) is 14.2. The molecule has 0 aliphatic carbocycles. The number of carbonyl (C=O) groups is 2. The standard InChI is InChI=1S/C18H18ClNO4/c1-23-14-6-3-12(4-7-14)16(21)8-10-18(22)20-15-11-13(19)5-9-17(15)24-2/h3-7,9,11H,8,10H2,1-2H3,(H,20,22). The highest BCUT2D eigenvalue weighted by Crippen LogP contribution is 2.27. The van der Waals surface area contributed by atoms with Gasteiger partial charge in [-0.05, 0) is 42.5 Å². The molecule has 0 heterocycles. The van der Waals surface area contributed by atoms with Gasteiger partial charge in [-0.2, -0.15) is 0 Å². The minimum Gasteiger partial charge on any atom is -0.497 e. The maximum atomic E-state index is 12.1. The molecule has 0 fully saturated rings. The SMILES string of the molecule is COc1ccc(C(=O)CCC(=O)Nc2cc(Cl)ccc2OC)cc1. The van der Waals surface area contributed by atoms with Crippen molar-refractivity contribution in [2.75, 3.05) is 19.5 Å². The smallest absolute Gasteiger partial charge is 0.224 e.